The molecule has 1 amide bonds. The largest absolute Gasteiger partial charge is 0.370 e. The van der Waals surface area contributed by atoms with Crippen LogP contribution in [0.25, 0.3) is 28.1 Å². The third kappa shape index (κ3) is 3.07. The molecule has 0 saturated carbocycles. The van der Waals surface area contributed by atoms with Crippen molar-refractivity contribution < 1.29 is 4.79 Å². The molecule has 0 radical (unpaired) electrons. The first-order valence-corrected chi connectivity index (χ1v) is 11.2. The lowest BCUT2D eigenvalue weighted by molar-refractivity contribution is 0.102. The quantitative estimate of drug-likeness (QED) is 0.519. The molecule has 0 aliphatic carbocycles. The molecule has 2 aliphatic heterocycles. The Morgan fingerprint density at radius 1 is 0.875 bits per heavy atom. The van der Waals surface area contributed by atoms with E-state index in [0.717, 1.165) is 60.0 Å². The first-order valence-electron chi connectivity index (χ1n) is 11.2. The maximum absolute atomic E-state index is 12.9. The van der Waals surface area contributed by atoms with Crippen molar-refractivity contribution in [2.45, 2.75) is 6.42 Å². The zero-order valence-corrected chi connectivity index (χ0v) is 18.1. The number of likely N-dealkylation sites (N-methyl/N-ethyl adjacent to an activating group) is 1. The van der Waals surface area contributed by atoms with Gasteiger partial charge in [-0.15, -0.1) is 0 Å². The zero-order valence-electron chi connectivity index (χ0n) is 18.1. The number of aromatic nitrogens is 2. The minimum atomic E-state index is -0.102. The van der Waals surface area contributed by atoms with Gasteiger partial charge in [0.2, 0.25) is 0 Å². The van der Waals surface area contributed by atoms with E-state index >= 15 is 0 Å². The lowest BCUT2D eigenvalue weighted by Gasteiger charge is -2.23. The van der Waals surface area contributed by atoms with E-state index < -0.39 is 0 Å². The molecule has 1 fully saturated rings. The number of amides is 1. The van der Waals surface area contributed by atoms with Gasteiger partial charge in [0.25, 0.3) is 5.91 Å². The highest BCUT2D eigenvalue weighted by Crippen LogP contribution is 2.36. The Kier molecular flexibility index (Phi) is 4.47. The van der Waals surface area contributed by atoms with Gasteiger partial charge in [-0.2, -0.15) is 0 Å². The van der Waals surface area contributed by atoms with Crippen LogP contribution in [0.2, 0.25) is 0 Å². The molecule has 32 heavy (non-hydrogen) atoms. The van der Waals surface area contributed by atoms with Gasteiger partial charge in [-0.3, -0.25) is 9.36 Å². The highest BCUT2D eigenvalue weighted by Gasteiger charge is 2.25. The van der Waals surface area contributed by atoms with E-state index in [2.05, 4.69) is 51.0 Å². The number of para-hydroxylation sites is 3. The summed E-state index contributed by atoms with van der Waals surface area (Å²) in [5.74, 6) is 0.744. The van der Waals surface area contributed by atoms with Crippen LogP contribution in [-0.4, -0.2) is 53.6 Å². The Hall–Kier alpha value is -3.64. The van der Waals surface area contributed by atoms with Crippen molar-refractivity contribution in [1.29, 1.82) is 0 Å². The van der Waals surface area contributed by atoms with Gasteiger partial charge in [-0.25, -0.2) is 4.98 Å². The lowest BCUT2D eigenvalue weighted by atomic mass is 10.1. The first-order chi connectivity index (χ1) is 15.7. The minimum Gasteiger partial charge on any atom is -0.370 e. The third-order valence-electron chi connectivity index (χ3n) is 6.52. The fourth-order valence-electron chi connectivity index (χ4n) is 4.83. The van der Waals surface area contributed by atoms with E-state index in [0.29, 0.717) is 5.56 Å². The molecule has 1 saturated heterocycles. The van der Waals surface area contributed by atoms with Crippen LogP contribution in [-0.2, 0) is 0 Å². The molecular formula is C26H25N5O. The van der Waals surface area contributed by atoms with Crippen molar-refractivity contribution >= 4 is 28.3 Å². The summed E-state index contributed by atoms with van der Waals surface area (Å²) in [6.07, 6.45) is 1.18. The number of anilines is 2. The van der Waals surface area contributed by atoms with Gasteiger partial charge >= 0.3 is 0 Å². The predicted molar refractivity (Wildman–Crippen MR) is 129 cm³/mol. The van der Waals surface area contributed by atoms with Crippen LogP contribution in [0.4, 0.5) is 11.4 Å². The number of carbonyl (C=O) groups excluding carboxylic acids is 1. The monoisotopic (exact) mass is 423 g/mol. The molecule has 6 nitrogen and oxygen atoms in total. The van der Waals surface area contributed by atoms with E-state index in [1.165, 1.54) is 12.1 Å². The molecule has 0 atom stereocenters. The van der Waals surface area contributed by atoms with Crippen LogP contribution in [0.5, 0.6) is 0 Å². The second-order valence-electron chi connectivity index (χ2n) is 8.61. The molecule has 1 N–H and O–H groups in total. The van der Waals surface area contributed by atoms with Gasteiger partial charge in [-0.05, 0) is 68.5 Å². The summed E-state index contributed by atoms with van der Waals surface area (Å²) in [6.45, 7) is 4.34. The molecule has 160 valence electrons. The summed E-state index contributed by atoms with van der Waals surface area (Å²) in [7, 11) is 2.19. The van der Waals surface area contributed by atoms with Crippen molar-refractivity contribution in [2.24, 2.45) is 0 Å². The predicted octanol–water partition coefficient (Wildman–Crippen LogP) is 4.40. The Bertz CT molecular complexity index is 1320. The Labute approximate surface area is 187 Å². The standard InChI is InChI=1S/C26H25N5O/c1-29-14-5-15-30(17-16-29)19-12-10-18(11-13-19)25-27-22-8-4-6-20-24(22)31(25)23-9-3-2-7-21(23)28-26(20)32/h2-4,6-13H,5,14-17H2,1H3,(H,28,32). The highest BCUT2D eigenvalue weighted by atomic mass is 16.1. The molecule has 6 rings (SSSR count). The van der Waals surface area contributed by atoms with Crippen molar-refractivity contribution in [3.8, 4) is 17.1 Å². The molecule has 0 spiro atoms. The molecular weight excluding hydrogens is 398 g/mol. The van der Waals surface area contributed by atoms with Crippen molar-refractivity contribution in [2.75, 3.05) is 43.4 Å². The van der Waals surface area contributed by atoms with E-state index in [1.807, 2.05) is 42.5 Å². The summed E-state index contributed by atoms with van der Waals surface area (Å²) in [6, 6.07) is 22.3. The molecule has 3 heterocycles. The second kappa shape index (κ2) is 7.50. The maximum Gasteiger partial charge on any atom is 0.257 e. The smallest absolute Gasteiger partial charge is 0.257 e. The number of nitrogens with zero attached hydrogens (tertiary/aromatic N) is 4. The van der Waals surface area contributed by atoms with Crippen LogP contribution in [0.1, 0.15) is 16.8 Å². The van der Waals surface area contributed by atoms with E-state index in [4.69, 9.17) is 4.98 Å². The number of hydrogen-bond acceptors (Lipinski definition) is 4. The first kappa shape index (κ1) is 19.1. The number of imidazole rings is 1. The van der Waals surface area contributed by atoms with E-state index in [1.54, 1.807) is 0 Å². The number of benzene rings is 3. The summed E-state index contributed by atoms with van der Waals surface area (Å²) < 4.78 is 2.12. The molecule has 2 aliphatic rings. The van der Waals surface area contributed by atoms with Crippen molar-refractivity contribution in [1.82, 2.24) is 14.5 Å². The van der Waals surface area contributed by atoms with Gasteiger partial charge in [0.1, 0.15) is 5.82 Å². The molecule has 1 aromatic heterocycles. The average Bonchev–Trinajstić information content (AvgIpc) is 2.99. The second-order valence-corrected chi connectivity index (χ2v) is 8.61. The minimum absolute atomic E-state index is 0.102. The fraction of sp³-hybridized carbons (Fsp3) is 0.231. The average molecular weight is 424 g/mol. The Morgan fingerprint density at radius 3 is 2.59 bits per heavy atom. The Morgan fingerprint density at radius 2 is 1.72 bits per heavy atom. The van der Waals surface area contributed by atoms with Gasteiger partial charge in [-0.1, -0.05) is 18.2 Å². The number of nitrogens with one attached hydrogen (secondary N) is 1. The van der Waals surface area contributed by atoms with Crippen LogP contribution >= 0.6 is 0 Å². The molecule has 6 heteroatoms. The number of carbonyl (C=O) groups is 1. The van der Waals surface area contributed by atoms with Gasteiger partial charge in [0.15, 0.2) is 0 Å². The van der Waals surface area contributed by atoms with Gasteiger partial charge in [0.05, 0.1) is 28.0 Å². The van der Waals surface area contributed by atoms with Crippen LogP contribution in [0.15, 0.2) is 66.7 Å². The van der Waals surface area contributed by atoms with E-state index in [9.17, 15) is 4.79 Å². The van der Waals surface area contributed by atoms with Gasteiger partial charge in [0, 0.05) is 30.9 Å². The summed E-state index contributed by atoms with van der Waals surface area (Å²) >= 11 is 0. The van der Waals surface area contributed by atoms with Gasteiger partial charge < -0.3 is 15.1 Å². The maximum atomic E-state index is 12.9. The SMILES string of the molecule is CN1CCCN(c2ccc(-c3nc4cccc5c4n3-c3ccccc3NC5=O)cc2)CC1. The zero-order chi connectivity index (χ0) is 21.7. The molecule has 0 bridgehead atoms. The van der Waals surface area contributed by atoms with Crippen LogP contribution < -0.4 is 10.2 Å². The normalized spacial score (nSPS) is 16.4. The number of fused-ring (bicyclic) bond motifs is 2. The summed E-state index contributed by atoms with van der Waals surface area (Å²) in [5.41, 5.74) is 6.32. The number of rotatable bonds is 2. The molecule has 0 unspecified atom stereocenters. The van der Waals surface area contributed by atoms with Crippen LogP contribution in [0.3, 0.4) is 0 Å². The third-order valence-corrected chi connectivity index (χ3v) is 6.52. The fourth-order valence-corrected chi connectivity index (χ4v) is 4.83. The lowest BCUT2D eigenvalue weighted by Crippen LogP contribution is -2.28. The molecule has 3 aromatic carbocycles. The summed E-state index contributed by atoms with van der Waals surface area (Å²) in [5, 5.41) is 3.06. The van der Waals surface area contributed by atoms with E-state index in [-0.39, 0.29) is 5.91 Å². The Balaban J connectivity index is 1.48. The molecule has 4 aromatic rings. The van der Waals surface area contributed by atoms with Crippen LogP contribution in [0, 0.1) is 0 Å². The van der Waals surface area contributed by atoms with Crippen molar-refractivity contribution in [3.63, 3.8) is 0 Å². The van der Waals surface area contributed by atoms with Crippen molar-refractivity contribution in [3.05, 3.63) is 72.3 Å². The number of hydrogen-bond donors (Lipinski definition) is 1. The summed E-state index contributed by atoms with van der Waals surface area (Å²) in [4.78, 5) is 22.7. The topological polar surface area (TPSA) is 53.4 Å². The highest BCUT2D eigenvalue weighted by molar-refractivity contribution is 6.14.